The quantitative estimate of drug-likeness (QED) is 0.839. The Balaban J connectivity index is 1.99. The number of nitrogens with one attached hydrogen (secondary N) is 1. The summed E-state index contributed by atoms with van der Waals surface area (Å²) in [6, 6.07) is 8.09. The van der Waals surface area contributed by atoms with Crippen LogP contribution >= 0.6 is 15.9 Å². The largest absolute Gasteiger partial charge is 0.349 e. The van der Waals surface area contributed by atoms with Gasteiger partial charge in [-0.2, -0.15) is 0 Å². The van der Waals surface area contributed by atoms with Gasteiger partial charge in [-0.05, 0) is 30.0 Å². The van der Waals surface area contributed by atoms with Crippen LogP contribution in [-0.2, 0) is 5.33 Å². The summed E-state index contributed by atoms with van der Waals surface area (Å²) in [4.78, 5) is 11.7. The molecule has 0 saturated heterocycles. The Morgan fingerprint density at radius 3 is 2.53 bits per heavy atom. The van der Waals surface area contributed by atoms with Crippen molar-refractivity contribution in [2.24, 2.45) is 5.92 Å². The summed E-state index contributed by atoms with van der Waals surface area (Å²) in [6.07, 6.45) is 1.12. The van der Waals surface area contributed by atoms with Crippen molar-refractivity contribution in [3.05, 3.63) is 35.4 Å². The number of halogens is 1. The van der Waals surface area contributed by atoms with Crippen molar-refractivity contribution >= 4 is 21.8 Å². The monoisotopic (exact) mass is 267 g/mol. The number of alkyl halides is 1. The fourth-order valence-corrected chi connectivity index (χ4v) is 1.89. The summed E-state index contributed by atoms with van der Waals surface area (Å²) < 4.78 is 0. The van der Waals surface area contributed by atoms with Crippen LogP contribution in [0.5, 0.6) is 0 Å². The average molecular weight is 268 g/mol. The van der Waals surface area contributed by atoms with E-state index in [0.29, 0.717) is 12.0 Å². The Hall–Kier alpha value is -0.830. The van der Waals surface area contributed by atoms with Crippen LogP contribution in [0, 0.1) is 5.92 Å². The maximum Gasteiger partial charge on any atom is 0.251 e. The van der Waals surface area contributed by atoms with Crippen LogP contribution in [-0.4, -0.2) is 11.9 Å². The summed E-state index contributed by atoms with van der Waals surface area (Å²) in [5.41, 5.74) is 1.94. The second-order valence-corrected chi connectivity index (χ2v) is 4.68. The fraction of sp³-hybridized carbons (Fsp3) is 0.417. The zero-order chi connectivity index (χ0) is 10.8. The van der Waals surface area contributed by atoms with Crippen molar-refractivity contribution in [3.63, 3.8) is 0 Å². The first-order chi connectivity index (χ1) is 7.20. The van der Waals surface area contributed by atoms with Gasteiger partial charge in [-0.25, -0.2) is 0 Å². The number of benzene rings is 1. The minimum Gasteiger partial charge on any atom is -0.349 e. The van der Waals surface area contributed by atoms with Crippen LogP contribution in [0.4, 0.5) is 0 Å². The van der Waals surface area contributed by atoms with Gasteiger partial charge in [0.25, 0.3) is 5.91 Å². The molecule has 1 N–H and O–H groups in total. The number of carbonyl (C=O) groups is 1. The highest BCUT2D eigenvalue weighted by Gasteiger charge is 2.33. The Kier molecular flexibility index (Phi) is 3.10. The lowest BCUT2D eigenvalue weighted by molar-refractivity contribution is 0.0949. The van der Waals surface area contributed by atoms with Crippen molar-refractivity contribution < 1.29 is 4.79 Å². The molecule has 2 atom stereocenters. The van der Waals surface area contributed by atoms with E-state index in [1.54, 1.807) is 0 Å². The number of amides is 1. The highest BCUT2D eigenvalue weighted by molar-refractivity contribution is 9.08. The number of rotatable bonds is 3. The lowest BCUT2D eigenvalue weighted by Gasteiger charge is -2.04. The highest BCUT2D eigenvalue weighted by Crippen LogP contribution is 2.29. The molecule has 3 heteroatoms. The van der Waals surface area contributed by atoms with Gasteiger partial charge in [-0.1, -0.05) is 35.0 Å². The van der Waals surface area contributed by atoms with E-state index in [9.17, 15) is 4.79 Å². The fourth-order valence-electron chi connectivity index (χ4n) is 1.52. The van der Waals surface area contributed by atoms with Crippen molar-refractivity contribution in [3.8, 4) is 0 Å². The van der Waals surface area contributed by atoms with E-state index in [-0.39, 0.29) is 5.91 Å². The highest BCUT2D eigenvalue weighted by atomic mass is 79.9. The summed E-state index contributed by atoms with van der Waals surface area (Å²) in [7, 11) is 0. The van der Waals surface area contributed by atoms with E-state index in [0.717, 1.165) is 17.3 Å². The summed E-state index contributed by atoms with van der Waals surface area (Å²) in [6.45, 7) is 2.15. The molecule has 0 aromatic heterocycles. The zero-order valence-corrected chi connectivity index (χ0v) is 10.3. The van der Waals surface area contributed by atoms with Gasteiger partial charge in [0.1, 0.15) is 0 Å². The summed E-state index contributed by atoms with van der Waals surface area (Å²) >= 11 is 3.38. The van der Waals surface area contributed by atoms with Crippen LogP contribution in [0.15, 0.2) is 24.3 Å². The van der Waals surface area contributed by atoms with Crippen LogP contribution in [0.3, 0.4) is 0 Å². The van der Waals surface area contributed by atoms with Crippen LogP contribution in [0.1, 0.15) is 29.3 Å². The minimum atomic E-state index is 0.0467. The average Bonchev–Trinajstić information content (AvgIpc) is 2.94. The minimum absolute atomic E-state index is 0.0467. The molecule has 1 saturated carbocycles. The first-order valence-corrected chi connectivity index (χ1v) is 6.28. The van der Waals surface area contributed by atoms with E-state index < -0.39 is 0 Å². The molecule has 80 valence electrons. The van der Waals surface area contributed by atoms with Gasteiger partial charge in [0.2, 0.25) is 0 Å². The maximum absolute atomic E-state index is 11.7. The molecule has 2 nitrogen and oxygen atoms in total. The molecule has 2 unspecified atom stereocenters. The topological polar surface area (TPSA) is 29.1 Å². The second kappa shape index (κ2) is 4.35. The van der Waals surface area contributed by atoms with E-state index in [1.807, 2.05) is 24.3 Å². The zero-order valence-electron chi connectivity index (χ0n) is 8.66. The molecule has 15 heavy (non-hydrogen) atoms. The maximum atomic E-state index is 11.7. The van der Waals surface area contributed by atoms with Gasteiger partial charge in [-0.15, -0.1) is 0 Å². The second-order valence-electron chi connectivity index (χ2n) is 4.12. The van der Waals surface area contributed by atoms with Crippen LogP contribution in [0.25, 0.3) is 0 Å². The third kappa shape index (κ3) is 2.59. The molecule has 1 amide bonds. The van der Waals surface area contributed by atoms with Gasteiger partial charge in [0, 0.05) is 16.9 Å². The molecular formula is C12H14BrNO. The molecule has 0 aliphatic heterocycles. The lowest BCUT2D eigenvalue weighted by Crippen LogP contribution is -2.26. The SMILES string of the molecule is CC1CC1NC(=O)c1ccc(CBr)cc1. The summed E-state index contributed by atoms with van der Waals surface area (Å²) in [5.74, 6) is 0.696. The van der Waals surface area contributed by atoms with Gasteiger partial charge in [0.15, 0.2) is 0 Å². The Labute approximate surface area is 98.2 Å². The molecule has 1 fully saturated rings. The molecule has 1 aliphatic carbocycles. The van der Waals surface area contributed by atoms with E-state index in [4.69, 9.17) is 0 Å². The predicted octanol–water partition coefficient (Wildman–Crippen LogP) is 2.72. The van der Waals surface area contributed by atoms with Gasteiger partial charge in [-0.3, -0.25) is 4.79 Å². The molecule has 0 bridgehead atoms. The molecule has 0 radical (unpaired) electrons. The summed E-state index contributed by atoms with van der Waals surface area (Å²) in [5, 5.41) is 3.83. The first-order valence-electron chi connectivity index (χ1n) is 5.16. The van der Waals surface area contributed by atoms with E-state index >= 15 is 0 Å². The first kappa shape index (κ1) is 10.7. The van der Waals surface area contributed by atoms with Gasteiger partial charge >= 0.3 is 0 Å². The molecule has 1 aromatic rings. The van der Waals surface area contributed by atoms with Gasteiger partial charge in [0.05, 0.1) is 0 Å². The molecule has 1 aliphatic rings. The normalized spacial score (nSPS) is 23.6. The molecule has 0 heterocycles. The molecule has 0 spiro atoms. The van der Waals surface area contributed by atoms with Crippen LogP contribution in [0.2, 0.25) is 0 Å². The lowest BCUT2D eigenvalue weighted by atomic mass is 10.1. The number of carbonyl (C=O) groups excluding carboxylic acids is 1. The van der Waals surface area contributed by atoms with Gasteiger partial charge < -0.3 is 5.32 Å². The molecule has 2 rings (SSSR count). The molecule has 1 aromatic carbocycles. The predicted molar refractivity (Wildman–Crippen MR) is 64.1 cm³/mol. The standard InChI is InChI=1S/C12H14BrNO/c1-8-6-11(8)14-12(15)10-4-2-9(7-13)3-5-10/h2-5,8,11H,6-7H2,1H3,(H,14,15). The third-order valence-corrected chi connectivity index (χ3v) is 3.44. The Bertz CT molecular complexity index is 360. The third-order valence-electron chi connectivity index (χ3n) is 2.80. The Morgan fingerprint density at radius 2 is 2.07 bits per heavy atom. The van der Waals surface area contributed by atoms with E-state index in [2.05, 4.69) is 28.2 Å². The smallest absolute Gasteiger partial charge is 0.251 e. The van der Waals surface area contributed by atoms with Crippen molar-refractivity contribution in [1.82, 2.24) is 5.32 Å². The number of hydrogen-bond donors (Lipinski definition) is 1. The van der Waals surface area contributed by atoms with Crippen molar-refractivity contribution in [2.75, 3.05) is 0 Å². The van der Waals surface area contributed by atoms with Crippen molar-refractivity contribution in [1.29, 1.82) is 0 Å². The van der Waals surface area contributed by atoms with E-state index in [1.165, 1.54) is 5.56 Å². The van der Waals surface area contributed by atoms with Crippen LogP contribution < -0.4 is 5.32 Å². The number of hydrogen-bond acceptors (Lipinski definition) is 1. The van der Waals surface area contributed by atoms with Crippen molar-refractivity contribution in [2.45, 2.75) is 24.7 Å². The molecular weight excluding hydrogens is 254 g/mol. The Morgan fingerprint density at radius 1 is 1.47 bits per heavy atom.